The molecule has 4 fully saturated rings. The molecule has 0 N–H and O–H groups in total. The number of carbonyl (C=O) groups excluding carboxylic acids is 2. The minimum absolute atomic E-state index is 0.110. The van der Waals surface area contributed by atoms with Crippen LogP contribution in [0.15, 0.2) is 30.3 Å². The number of benzene rings is 1. The van der Waals surface area contributed by atoms with E-state index in [4.69, 9.17) is 4.74 Å². The quantitative estimate of drug-likeness (QED) is 0.750. The zero-order chi connectivity index (χ0) is 18.6. The zero-order valence-corrected chi connectivity index (χ0v) is 15.9. The number of amides is 2. The van der Waals surface area contributed by atoms with Crippen LogP contribution in [-0.2, 0) is 20.9 Å². The van der Waals surface area contributed by atoms with Gasteiger partial charge in [0.25, 0.3) is 0 Å². The van der Waals surface area contributed by atoms with Gasteiger partial charge in [-0.15, -0.1) is 10.2 Å². The molecule has 140 valence electrons. The number of nitrogens with zero attached hydrogens (tertiary/aromatic N) is 4. The first kappa shape index (κ1) is 16.8. The number of hydrogen-bond donors (Lipinski definition) is 0. The highest BCUT2D eigenvalue weighted by Gasteiger charge is 2.64. The van der Waals surface area contributed by atoms with Gasteiger partial charge in [0, 0.05) is 31.5 Å². The third kappa shape index (κ3) is 2.66. The number of aromatic nitrogens is 2. The lowest BCUT2D eigenvalue weighted by atomic mass is 9.68. The van der Waals surface area contributed by atoms with Gasteiger partial charge >= 0.3 is 11.8 Å². The van der Waals surface area contributed by atoms with E-state index in [1.807, 2.05) is 30.3 Å². The van der Waals surface area contributed by atoms with Crippen molar-refractivity contribution in [3.05, 3.63) is 35.3 Å². The lowest BCUT2D eigenvalue weighted by molar-refractivity contribution is -0.163. The summed E-state index contributed by atoms with van der Waals surface area (Å²) in [6.07, 6.45) is 1.66. The van der Waals surface area contributed by atoms with Crippen molar-refractivity contribution in [2.45, 2.75) is 37.5 Å². The van der Waals surface area contributed by atoms with E-state index in [1.54, 1.807) is 9.80 Å². The van der Waals surface area contributed by atoms with Crippen molar-refractivity contribution in [1.82, 2.24) is 20.0 Å². The molecule has 2 bridgehead atoms. The van der Waals surface area contributed by atoms with Crippen LogP contribution in [0.4, 0.5) is 0 Å². The number of carbonyl (C=O) groups is 2. The summed E-state index contributed by atoms with van der Waals surface area (Å²) in [6, 6.07) is 9.82. The first-order chi connectivity index (χ1) is 13.0. The molecule has 7 nitrogen and oxygen atoms in total. The van der Waals surface area contributed by atoms with Crippen LogP contribution >= 0.6 is 11.3 Å². The topological polar surface area (TPSA) is 75.6 Å². The summed E-state index contributed by atoms with van der Waals surface area (Å²) in [4.78, 5) is 28.7. The van der Waals surface area contributed by atoms with Gasteiger partial charge in [-0.2, -0.15) is 0 Å². The maximum absolute atomic E-state index is 12.7. The monoisotopic (exact) mass is 384 g/mol. The average Bonchev–Trinajstić information content (AvgIpc) is 3.33. The Kier molecular flexibility index (Phi) is 3.64. The smallest absolute Gasteiger partial charge is 0.312 e. The predicted octanol–water partition coefficient (Wildman–Crippen LogP) is 1.70. The molecule has 27 heavy (non-hydrogen) atoms. The van der Waals surface area contributed by atoms with E-state index < -0.39 is 11.8 Å². The highest BCUT2D eigenvalue weighted by Crippen LogP contribution is 2.54. The molecule has 0 radical (unpaired) electrons. The van der Waals surface area contributed by atoms with Crippen molar-refractivity contribution in [2.75, 3.05) is 19.7 Å². The second kappa shape index (κ2) is 5.84. The summed E-state index contributed by atoms with van der Waals surface area (Å²) in [6.45, 7) is 4.00. The van der Waals surface area contributed by atoms with Gasteiger partial charge in [0.05, 0.1) is 24.3 Å². The standard InChI is InChI=1S/C19H20N4O3S/c1-18-10-19(11-18,12-26-18)23-8-7-22(16(24)17(23)25)9-14-20-21-15(27-14)13-5-3-2-4-6-13/h2-6H,7-12H2,1H3. The van der Waals surface area contributed by atoms with Crippen molar-refractivity contribution in [1.29, 1.82) is 0 Å². The van der Waals surface area contributed by atoms with Gasteiger partial charge in [-0.1, -0.05) is 41.7 Å². The zero-order valence-electron chi connectivity index (χ0n) is 15.1. The third-order valence-corrected chi connectivity index (χ3v) is 6.75. The van der Waals surface area contributed by atoms with E-state index in [9.17, 15) is 9.59 Å². The molecule has 3 saturated heterocycles. The van der Waals surface area contributed by atoms with Crippen LogP contribution in [0.1, 0.15) is 24.8 Å². The van der Waals surface area contributed by atoms with Crippen molar-refractivity contribution < 1.29 is 14.3 Å². The van der Waals surface area contributed by atoms with E-state index >= 15 is 0 Å². The normalized spacial score (nSPS) is 30.0. The van der Waals surface area contributed by atoms with Crippen LogP contribution in [0.3, 0.4) is 0 Å². The minimum Gasteiger partial charge on any atom is -0.373 e. The number of piperazine rings is 1. The molecular weight excluding hydrogens is 364 g/mol. The predicted molar refractivity (Wildman–Crippen MR) is 98.8 cm³/mol. The maximum atomic E-state index is 12.7. The summed E-state index contributed by atoms with van der Waals surface area (Å²) >= 11 is 1.45. The fraction of sp³-hybridized carbons (Fsp3) is 0.474. The van der Waals surface area contributed by atoms with Gasteiger partial charge in [-0.3, -0.25) is 9.59 Å². The van der Waals surface area contributed by atoms with Crippen LogP contribution in [0.25, 0.3) is 10.6 Å². The molecule has 1 aliphatic carbocycles. The number of fused-ring (bicyclic) bond motifs is 1. The molecular formula is C19H20N4O3S. The van der Waals surface area contributed by atoms with E-state index in [-0.39, 0.29) is 11.1 Å². The Morgan fingerprint density at radius 3 is 2.59 bits per heavy atom. The molecule has 3 aliphatic heterocycles. The van der Waals surface area contributed by atoms with Crippen LogP contribution in [-0.4, -0.2) is 62.6 Å². The first-order valence-electron chi connectivity index (χ1n) is 9.11. The Balaban J connectivity index is 1.27. The fourth-order valence-corrected chi connectivity index (χ4v) is 5.44. The summed E-state index contributed by atoms with van der Waals surface area (Å²) in [5.74, 6) is -0.866. The van der Waals surface area contributed by atoms with Gasteiger partial charge in [-0.25, -0.2) is 0 Å². The number of ether oxygens (including phenoxy) is 1. The van der Waals surface area contributed by atoms with E-state index in [0.717, 1.165) is 28.4 Å². The minimum atomic E-state index is -0.451. The number of rotatable bonds is 4. The fourth-order valence-electron chi connectivity index (χ4n) is 4.58. The average molecular weight is 384 g/mol. The summed E-state index contributed by atoms with van der Waals surface area (Å²) < 4.78 is 5.79. The Hall–Kier alpha value is -2.32. The third-order valence-electron chi connectivity index (χ3n) is 5.79. The van der Waals surface area contributed by atoms with Crippen molar-refractivity contribution >= 4 is 23.2 Å². The van der Waals surface area contributed by atoms with E-state index in [0.29, 0.717) is 26.2 Å². The lowest BCUT2D eigenvalue weighted by Crippen LogP contribution is -2.67. The number of hydrogen-bond acceptors (Lipinski definition) is 6. The molecule has 1 aromatic carbocycles. The Bertz CT molecular complexity index is 907. The van der Waals surface area contributed by atoms with E-state index in [2.05, 4.69) is 17.1 Å². The van der Waals surface area contributed by atoms with Gasteiger partial charge in [0.1, 0.15) is 10.0 Å². The first-order valence-corrected chi connectivity index (χ1v) is 9.92. The Morgan fingerprint density at radius 2 is 1.89 bits per heavy atom. The van der Waals surface area contributed by atoms with Crippen LogP contribution in [0, 0.1) is 0 Å². The highest BCUT2D eigenvalue weighted by molar-refractivity contribution is 7.14. The molecule has 8 heteroatoms. The van der Waals surface area contributed by atoms with Crippen molar-refractivity contribution in [2.24, 2.45) is 0 Å². The summed E-state index contributed by atoms with van der Waals surface area (Å²) in [5, 5.41) is 9.98. The Morgan fingerprint density at radius 1 is 1.11 bits per heavy atom. The largest absolute Gasteiger partial charge is 0.373 e. The van der Waals surface area contributed by atoms with Gasteiger partial charge in [0.2, 0.25) is 0 Å². The van der Waals surface area contributed by atoms with Gasteiger partial charge in [-0.05, 0) is 6.92 Å². The molecule has 4 heterocycles. The molecule has 0 spiro atoms. The van der Waals surface area contributed by atoms with Crippen molar-refractivity contribution in [3.8, 4) is 10.6 Å². The van der Waals surface area contributed by atoms with Crippen LogP contribution in [0.5, 0.6) is 0 Å². The highest BCUT2D eigenvalue weighted by atomic mass is 32.1. The lowest BCUT2D eigenvalue weighted by Gasteiger charge is -2.51. The van der Waals surface area contributed by atoms with Crippen LogP contribution in [0.2, 0.25) is 0 Å². The molecule has 0 atom stereocenters. The summed E-state index contributed by atoms with van der Waals surface area (Å²) in [7, 11) is 0. The molecule has 2 amide bonds. The molecule has 6 rings (SSSR count). The van der Waals surface area contributed by atoms with Crippen molar-refractivity contribution in [3.63, 3.8) is 0 Å². The SMILES string of the molecule is CC12CC(N3CCN(Cc4nnc(-c5ccccc5)s4)C(=O)C3=O)(CO1)C2. The maximum Gasteiger partial charge on any atom is 0.312 e. The summed E-state index contributed by atoms with van der Waals surface area (Å²) in [5.41, 5.74) is 0.624. The van der Waals surface area contributed by atoms with Gasteiger partial charge < -0.3 is 14.5 Å². The second-order valence-corrected chi connectivity index (χ2v) is 8.93. The molecule has 1 aromatic heterocycles. The second-order valence-electron chi connectivity index (χ2n) is 7.87. The van der Waals surface area contributed by atoms with E-state index in [1.165, 1.54) is 11.3 Å². The molecule has 2 aromatic rings. The van der Waals surface area contributed by atoms with Crippen LogP contribution < -0.4 is 0 Å². The van der Waals surface area contributed by atoms with Gasteiger partial charge in [0.15, 0.2) is 0 Å². The molecule has 0 unspecified atom stereocenters. The molecule has 1 saturated carbocycles. The molecule has 4 aliphatic rings. The Labute approximate surface area is 160 Å².